The highest BCUT2D eigenvalue weighted by Gasteiger charge is 2.36. The van der Waals surface area contributed by atoms with Crippen LogP contribution in [0.25, 0.3) is 0 Å². The van der Waals surface area contributed by atoms with Crippen molar-refractivity contribution in [3.63, 3.8) is 0 Å². The lowest BCUT2D eigenvalue weighted by atomic mass is 10.1. The van der Waals surface area contributed by atoms with Crippen LogP contribution in [-0.2, 0) is 16.0 Å². The van der Waals surface area contributed by atoms with Gasteiger partial charge in [0.15, 0.2) is 6.04 Å². The van der Waals surface area contributed by atoms with Crippen molar-refractivity contribution in [2.75, 3.05) is 4.90 Å². The molecule has 1 fully saturated rings. The molecule has 0 aliphatic heterocycles. The molecule has 0 unspecified atom stereocenters. The Morgan fingerprint density at radius 1 is 1.16 bits per heavy atom. The molecule has 31 heavy (non-hydrogen) atoms. The predicted octanol–water partition coefficient (Wildman–Crippen LogP) is 5.68. The number of nitrogens with zero attached hydrogens (tertiary/aromatic N) is 1. The number of hydrogen-bond donors (Lipinski definition) is 1. The maximum absolute atomic E-state index is 13.5. The van der Waals surface area contributed by atoms with Gasteiger partial charge in [-0.1, -0.05) is 30.5 Å². The summed E-state index contributed by atoms with van der Waals surface area (Å²) in [7, 11) is 0. The summed E-state index contributed by atoms with van der Waals surface area (Å²) in [5, 5.41) is 5.65. The Kier molecular flexibility index (Phi) is 6.78. The van der Waals surface area contributed by atoms with Crippen molar-refractivity contribution in [1.82, 2.24) is 5.32 Å². The van der Waals surface area contributed by atoms with Gasteiger partial charge in [0, 0.05) is 21.6 Å². The summed E-state index contributed by atoms with van der Waals surface area (Å²) in [6, 6.07) is 13.6. The second-order valence-corrected chi connectivity index (χ2v) is 9.31. The fraction of sp³-hybridized carbons (Fsp3) is 0.333. The van der Waals surface area contributed by atoms with Crippen LogP contribution in [0.2, 0.25) is 5.02 Å². The van der Waals surface area contributed by atoms with Gasteiger partial charge in [-0.3, -0.25) is 14.5 Å². The van der Waals surface area contributed by atoms with Crippen molar-refractivity contribution in [2.45, 2.75) is 51.1 Å². The molecule has 1 saturated carbocycles. The van der Waals surface area contributed by atoms with Gasteiger partial charge in [-0.15, -0.1) is 11.3 Å². The Bertz CT molecular complexity index is 1020. The van der Waals surface area contributed by atoms with Gasteiger partial charge in [0.05, 0.1) is 6.42 Å². The van der Waals surface area contributed by atoms with E-state index in [1.165, 1.54) is 11.3 Å². The van der Waals surface area contributed by atoms with E-state index in [4.69, 9.17) is 16.0 Å². The van der Waals surface area contributed by atoms with Crippen molar-refractivity contribution >= 4 is 40.4 Å². The Morgan fingerprint density at radius 2 is 1.90 bits per heavy atom. The number of halogens is 1. The SMILES string of the molecule is Cc1ccc([C@H](C(=O)NC2CCCC2)N(C(=O)Cc2cccs2)c2ccc(Cl)cc2)o1. The van der Waals surface area contributed by atoms with E-state index in [9.17, 15) is 9.59 Å². The molecule has 0 spiro atoms. The first-order valence-corrected chi connectivity index (χ1v) is 11.7. The number of rotatable bonds is 7. The smallest absolute Gasteiger partial charge is 0.251 e. The average Bonchev–Trinajstić information content (AvgIpc) is 3.51. The largest absolute Gasteiger partial charge is 0.464 e. The van der Waals surface area contributed by atoms with E-state index in [0.29, 0.717) is 22.2 Å². The minimum Gasteiger partial charge on any atom is -0.464 e. The first-order valence-electron chi connectivity index (χ1n) is 10.5. The standard InChI is InChI=1S/C24H25ClN2O3S/c1-16-8-13-21(30-16)23(24(29)26-18-5-2-3-6-18)27(19-11-9-17(25)10-12-19)22(28)15-20-7-4-14-31-20/h4,7-14,18,23H,2-3,5-6,15H2,1H3,(H,26,29)/t23-/m1/s1. The summed E-state index contributed by atoms with van der Waals surface area (Å²) in [5.74, 6) is 0.735. The summed E-state index contributed by atoms with van der Waals surface area (Å²) in [4.78, 5) is 29.5. The second-order valence-electron chi connectivity index (χ2n) is 7.84. The van der Waals surface area contributed by atoms with Gasteiger partial charge < -0.3 is 9.73 Å². The number of anilines is 1. The Labute approximate surface area is 191 Å². The van der Waals surface area contributed by atoms with Gasteiger partial charge in [0.25, 0.3) is 5.91 Å². The molecule has 0 radical (unpaired) electrons. The van der Waals surface area contributed by atoms with Gasteiger partial charge in [-0.05, 0) is 67.6 Å². The minimum atomic E-state index is -0.900. The third-order valence-electron chi connectivity index (χ3n) is 5.52. The molecule has 5 nitrogen and oxygen atoms in total. The number of furan rings is 1. The van der Waals surface area contributed by atoms with Gasteiger partial charge in [0.2, 0.25) is 5.91 Å². The van der Waals surface area contributed by atoms with Crippen LogP contribution in [0.3, 0.4) is 0 Å². The molecular formula is C24H25ClN2O3S. The Hall–Kier alpha value is -2.57. The lowest BCUT2D eigenvalue weighted by Gasteiger charge is -2.31. The number of thiophene rings is 1. The van der Waals surface area contributed by atoms with E-state index in [1.54, 1.807) is 35.2 Å². The van der Waals surface area contributed by atoms with Crippen molar-refractivity contribution in [2.24, 2.45) is 0 Å². The highest BCUT2D eigenvalue weighted by Crippen LogP contribution is 2.32. The zero-order valence-corrected chi connectivity index (χ0v) is 18.9. The molecule has 1 aromatic carbocycles. The molecule has 1 atom stereocenters. The van der Waals surface area contributed by atoms with Crippen LogP contribution >= 0.6 is 22.9 Å². The first kappa shape index (κ1) is 21.7. The van der Waals surface area contributed by atoms with Gasteiger partial charge in [-0.2, -0.15) is 0 Å². The predicted molar refractivity (Wildman–Crippen MR) is 124 cm³/mol. The zero-order chi connectivity index (χ0) is 21.8. The molecule has 2 amide bonds. The van der Waals surface area contributed by atoms with Crippen molar-refractivity contribution < 1.29 is 14.0 Å². The number of carbonyl (C=O) groups excluding carboxylic acids is 2. The molecule has 2 aromatic heterocycles. The summed E-state index contributed by atoms with van der Waals surface area (Å²) >= 11 is 7.61. The number of amides is 2. The van der Waals surface area contributed by atoms with E-state index >= 15 is 0 Å². The van der Waals surface area contributed by atoms with Gasteiger partial charge in [-0.25, -0.2) is 0 Å². The summed E-state index contributed by atoms with van der Waals surface area (Å²) in [5.41, 5.74) is 0.603. The maximum atomic E-state index is 13.5. The number of benzene rings is 1. The zero-order valence-electron chi connectivity index (χ0n) is 17.3. The van der Waals surface area contributed by atoms with E-state index in [0.717, 1.165) is 30.6 Å². The highest BCUT2D eigenvalue weighted by atomic mass is 35.5. The van der Waals surface area contributed by atoms with Crippen LogP contribution < -0.4 is 10.2 Å². The molecule has 1 N–H and O–H groups in total. The summed E-state index contributed by atoms with van der Waals surface area (Å²) < 4.78 is 5.86. The molecule has 0 bridgehead atoms. The minimum absolute atomic E-state index is 0.130. The quantitative estimate of drug-likeness (QED) is 0.497. The van der Waals surface area contributed by atoms with E-state index in [1.807, 2.05) is 30.5 Å². The lowest BCUT2D eigenvalue weighted by molar-refractivity contribution is -0.127. The molecule has 162 valence electrons. The highest BCUT2D eigenvalue weighted by molar-refractivity contribution is 7.10. The molecule has 4 rings (SSSR count). The lowest BCUT2D eigenvalue weighted by Crippen LogP contribution is -2.46. The third kappa shape index (κ3) is 5.20. The molecule has 2 heterocycles. The maximum Gasteiger partial charge on any atom is 0.251 e. The van der Waals surface area contributed by atoms with Crippen molar-refractivity contribution in [1.29, 1.82) is 0 Å². The number of aryl methyl sites for hydroxylation is 1. The van der Waals surface area contributed by atoms with Crippen LogP contribution in [0, 0.1) is 6.92 Å². The van der Waals surface area contributed by atoms with E-state index in [2.05, 4.69) is 5.32 Å². The number of nitrogens with one attached hydrogen (secondary N) is 1. The molecule has 7 heteroatoms. The summed E-state index contributed by atoms with van der Waals surface area (Å²) in [6.07, 6.45) is 4.33. The van der Waals surface area contributed by atoms with Crippen LogP contribution in [0.1, 0.15) is 48.1 Å². The summed E-state index contributed by atoms with van der Waals surface area (Å²) in [6.45, 7) is 1.83. The number of carbonyl (C=O) groups is 2. The molecule has 3 aromatic rings. The Balaban J connectivity index is 1.73. The molecular weight excluding hydrogens is 432 g/mol. The number of hydrogen-bond acceptors (Lipinski definition) is 4. The normalized spacial score (nSPS) is 15.0. The fourth-order valence-corrected chi connectivity index (χ4v) is 4.83. The molecule has 0 saturated heterocycles. The van der Waals surface area contributed by atoms with E-state index < -0.39 is 6.04 Å². The van der Waals surface area contributed by atoms with Crippen LogP contribution in [0.5, 0.6) is 0 Å². The third-order valence-corrected chi connectivity index (χ3v) is 6.65. The first-order chi connectivity index (χ1) is 15.0. The Morgan fingerprint density at radius 3 is 2.52 bits per heavy atom. The van der Waals surface area contributed by atoms with Crippen LogP contribution in [-0.4, -0.2) is 17.9 Å². The van der Waals surface area contributed by atoms with Crippen LogP contribution in [0.15, 0.2) is 58.3 Å². The molecule has 1 aliphatic rings. The van der Waals surface area contributed by atoms with Gasteiger partial charge in [0.1, 0.15) is 11.5 Å². The second kappa shape index (κ2) is 9.71. The fourth-order valence-electron chi connectivity index (χ4n) is 4.01. The average molecular weight is 457 g/mol. The topological polar surface area (TPSA) is 62.6 Å². The van der Waals surface area contributed by atoms with E-state index in [-0.39, 0.29) is 24.3 Å². The van der Waals surface area contributed by atoms with Crippen molar-refractivity contribution in [3.05, 3.63) is 75.3 Å². The monoisotopic (exact) mass is 456 g/mol. The van der Waals surface area contributed by atoms with Crippen molar-refractivity contribution in [3.8, 4) is 0 Å². The molecule has 1 aliphatic carbocycles. The van der Waals surface area contributed by atoms with Crippen LogP contribution in [0.4, 0.5) is 5.69 Å². The van der Waals surface area contributed by atoms with Gasteiger partial charge >= 0.3 is 0 Å².